The van der Waals surface area contributed by atoms with Crippen molar-refractivity contribution in [1.82, 2.24) is 19.5 Å². The summed E-state index contributed by atoms with van der Waals surface area (Å²) in [5, 5.41) is 9.25. The maximum atomic E-state index is 13.0. The molecule has 158 valence electrons. The minimum atomic E-state index is -4.55. The topological polar surface area (TPSA) is 76.6 Å². The molecule has 3 aromatic heterocycles. The van der Waals surface area contributed by atoms with Gasteiger partial charge >= 0.3 is 6.18 Å². The maximum Gasteiger partial charge on any atom is 0.433 e. The molecule has 0 N–H and O–H groups in total. The number of alkyl halides is 3. The van der Waals surface area contributed by atoms with Gasteiger partial charge in [0.15, 0.2) is 11.4 Å². The van der Waals surface area contributed by atoms with Crippen molar-refractivity contribution in [2.45, 2.75) is 44.4 Å². The number of rotatable bonds is 5. The first kappa shape index (κ1) is 21.9. The van der Waals surface area contributed by atoms with Crippen molar-refractivity contribution in [3.05, 3.63) is 29.7 Å². The zero-order valence-corrected chi connectivity index (χ0v) is 17.9. The van der Waals surface area contributed by atoms with Crippen LogP contribution in [0.2, 0.25) is 0 Å². The number of hydrogen-bond acceptors (Lipinski definition) is 6. The molecule has 6 nitrogen and oxygen atoms in total. The molecule has 0 atom stereocenters. The zero-order valence-electron chi connectivity index (χ0n) is 17.1. The van der Waals surface area contributed by atoms with E-state index in [0.29, 0.717) is 28.5 Å². The molecule has 0 bridgehead atoms. The van der Waals surface area contributed by atoms with Crippen molar-refractivity contribution in [2.24, 2.45) is 7.05 Å². The van der Waals surface area contributed by atoms with E-state index in [1.807, 2.05) is 6.92 Å². The van der Waals surface area contributed by atoms with Gasteiger partial charge < -0.3 is 9.30 Å². The van der Waals surface area contributed by atoms with Gasteiger partial charge in [0.25, 0.3) is 0 Å². The molecule has 0 saturated heterocycles. The van der Waals surface area contributed by atoms with Crippen LogP contribution in [0.3, 0.4) is 0 Å². The number of aryl methyl sites for hydroxylation is 2. The van der Waals surface area contributed by atoms with Gasteiger partial charge in [-0.2, -0.15) is 18.4 Å². The van der Waals surface area contributed by atoms with Gasteiger partial charge in [0.1, 0.15) is 23.2 Å². The fourth-order valence-corrected chi connectivity index (χ4v) is 3.63. The first-order chi connectivity index (χ1) is 14.0. The number of pyridine rings is 2. The Kier molecular flexibility index (Phi) is 5.69. The molecule has 0 aromatic carbocycles. The summed E-state index contributed by atoms with van der Waals surface area (Å²) in [5.74, 6) is 1.64. The lowest BCUT2D eigenvalue weighted by atomic mass is 10.1. The lowest BCUT2D eigenvalue weighted by Gasteiger charge is -2.21. The minimum absolute atomic E-state index is 0.188. The smallest absolute Gasteiger partial charge is 0.433 e. The summed E-state index contributed by atoms with van der Waals surface area (Å²) in [6.07, 6.45) is -3.38. The van der Waals surface area contributed by atoms with Gasteiger partial charge in [0.2, 0.25) is 0 Å². The second-order valence-electron chi connectivity index (χ2n) is 7.13. The lowest BCUT2D eigenvalue weighted by Crippen LogP contribution is -2.26. The molecule has 0 aliphatic rings. The molecule has 0 spiro atoms. The van der Waals surface area contributed by atoms with E-state index in [1.165, 1.54) is 18.0 Å². The molecule has 0 aliphatic carbocycles. The summed E-state index contributed by atoms with van der Waals surface area (Å²) in [4.78, 5) is 13.3. The Labute approximate surface area is 176 Å². The maximum absolute atomic E-state index is 13.0. The largest absolute Gasteiger partial charge is 0.471 e. The SMILES string of the molecule is CCSc1cc(OC(C)(C)C#N)c(C)nc1-c1nc2cc(C(F)(F)F)ncc2n1C. The highest BCUT2D eigenvalue weighted by atomic mass is 32.2. The fraction of sp³-hybridized carbons (Fsp3) is 0.400. The number of hydrogen-bond donors (Lipinski definition) is 0. The van der Waals surface area contributed by atoms with E-state index < -0.39 is 17.5 Å². The summed E-state index contributed by atoms with van der Waals surface area (Å²) < 4.78 is 46.5. The van der Waals surface area contributed by atoms with E-state index in [-0.39, 0.29) is 5.52 Å². The average molecular weight is 435 g/mol. The predicted molar refractivity (Wildman–Crippen MR) is 108 cm³/mol. The van der Waals surface area contributed by atoms with Crippen molar-refractivity contribution < 1.29 is 17.9 Å². The van der Waals surface area contributed by atoms with Gasteiger partial charge in [-0.05, 0) is 38.7 Å². The number of aromatic nitrogens is 4. The van der Waals surface area contributed by atoms with Crippen molar-refractivity contribution in [3.8, 4) is 23.3 Å². The van der Waals surface area contributed by atoms with Gasteiger partial charge in [-0.25, -0.2) is 15.0 Å². The second-order valence-corrected chi connectivity index (χ2v) is 8.43. The Hall–Kier alpha value is -2.80. The van der Waals surface area contributed by atoms with Crippen LogP contribution in [0, 0.1) is 18.3 Å². The molecule has 0 unspecified atom stereocenters. The van der Waals surface area contributed by atoms with Crippen LogP contribution in [0.4, 0.5) is 13.2 Å². The van der Waals surface area contributed by atoms with Gasteiger partial charge in [-0.1, -0.05) is 6.92 Å². The third kappa shape index (κ3) is 4.21. The van der Waals surface area contributed by atoms with E-state index in [1.54, 1.807) is 38.5 Å². The normalized spacial score (nSPS) is 12.2. The van der Waals surface area contributed by atoms with E-state index in [9.17, 15) is 18.4 Å². The molecule has 0 saturated carbocycles. The van der Waals surface area contributed by atoms with Crippen molar-refractivity contribution in [2.75, 3.05) is 5.75 Å². The molecule has 30 heavy (non-hydrogen) atoms. The quantitative estimate of drug-likeness (QED) is 0.516. The lowest BCUT2D eigenvalue weighted by molar-refractivity contribution is -0.141. The standard InChI is InChI=1S/C20H20F3N5OS/c1-6-30-15-8-14(29-19(3,4)10-24)11(2)26-17(15)18-27-12-7-16(20(21,22)23)25-9-13(12)28(18)5/h7-9H,6H2,1-5H3. The van der Waals surface area contributed by atoms with Crippen LogP contribution in [-0.4, -0.2) is 30.9 Å². The van der Waals surface area contributed by atoms with Gasteiger partial charge in [0.05, 0.1) is 22.9 Å². The highest BCUT2D eigenvalue weighted by molar-refractivity contribution is 7.99. The van der Waals surface area contributed by atoms with Gasteiger partial charge in [-0.15, -0.1) is 11.8 Å². The van der Waals surface area contributed by atoms with Crippen molar-refractivity contribution in [1.29, 1.82) is 5.26 Å². The van der Waals surface area contributed by atoms with Crippen LogP contribution < -0.4 is 4.74 Å². The molecule has 0 aliphatic heterocycles. The third-order valence-corrected chi connectivity index (χ3v) is 5.25. The molecular formula is C20H20F3N5OS. The second kappa shape index (κ2) is 7.80. The van der Waals surface area contributed by atoms with Crippen molar-refractivity contribution in [3.63, 3.8) is 0 Å². The van der Waals surface area contributed by atoms with Crippen LogP contribution in [-0.2, 0) is 13.2 Å². The summed E-state index contributed by atoms with van der Waals surface area (Å²) >= 11 is 1.50. The van der Waals surface area contributed by atoms with Crippen LogP contribution in [0.5, 0.6) is 5.75 Å². The Morgan fingerprint density at radius 1 is 1.23 bits per heavy atom. The fourth-order valence-electron chi connectivity index (χ4n) is 2.85. The van der Waals surface area contributed by atoms with Gasteiger partial charge in [-0.3, -0.25) is 0 Å². The average Bonchev–Trinajstić information content (AvgIpc) is 2.99. The summed E-state index contributed by atoms with van der Waals surface area (Å²) in [6.45, 7) is 7.04. The molecular weight excluding hydrogens is 415 g/mol. The molecule has 10 heteroatoms. The number of fused-ring (bicyclic) bond motifs is 1. The summed E-state index contributed by atoms with van der Waals surface area (Å²) in [5.41, 5.74) is -0.277. The van der Waals surface area contributed by atoms with E-state index in [4.69, 9.17) is 4.74 Å². The molecule has 0 amide bonds. The van der Waals surface area contributed by atoms with Crippen molar-refractivity contribution >= 4 is 22.8 Å². The molecule has 0 radical (unpaired) electrons. The van der Waals surface area contributed by atoms with E-state index in [2.05, 4.69) is 21.0 Å². The first-order valence-electron chi connectivity index (χ1n) is 9.11. The van der Waals surface area contributed by atoms with Crippen LogP contribution >= 0.6 is 11.8 Å². The Morgan fingerprint density at radius 2 is 1.93 bits per heavy atom. The molecule has 0 fully saturated rings. The van der Waals surface area contributed by atoms with E-state index in [0.717, 1.165) is 16.7 Å². The number of halogens is 3. The van der Waals surface area contributed by atoms with E-state index >= 15 is 0 Å². The first-order valence-corrected chi connectivity index (χ1v) is 10.1. The Balaban J connectivity index is 2.17. The Bertz CT molecular complexity index is 1150. The van der Waals surface area contributed by atoms with Crippen LogP contribution in [0.1, 0.15) is 32.2 Å². The molecule has 3 rings (SSSR count). The third-order valence-electron chi connectivity index (χ3n) is 4.34. The van der Waals surface area contributed by atoms with Gasteiger partial charge in [0, 0.05) is 11.9 Å². The minimum Gasteiger partial charge on any atom is -0.471 e. The number of thioether (sulfide) groups is 1. The monoisotopic (exact) mass is 435 g/mol. The van der Waals surface area contributed by atoms with Crippen LogP contribution in [0.15, 0.2) is 23.2 Å². The highest BCUT2D eigenvalue weighted by Gasteiger charge is 2.33. The summed E-state index contributed by atoms with van der Waals surface area (Å²) in [6, 6.07) is 4.82. The Morgan fingerprint density at radius 3 is 2.53 bits per heavy atom. The number of ether oxygens (including phenoxy) is 1. The number of nitriles is 1. The summed E-state index contributed by atoms with van der Waals surface area (Å²) in [7, 11) is 1.71. The predicted octanol–water partition coefficient (Wildman–Crippen LogP) is 5.15. The molecule has 3 aromatic rings. The highest BCUT2D eigenvalue weighted by Crippen LogP contribution is 2.36. The zero-order chi connectivity index (χ0) is 22.3. The molecule has 3 heterocycles. The number of imidazole rings is 1. The van der Waals surface area contributed by atoms with Crippen LogP contribution in [0.25, 0.3) is 22.6 Å². The number of nitrogens with zero attached hydrogens (tertiary/aromatic N) is 5.